The molecule has 3 aliphatic heterocycles. The van der Waals surface area contributed by atoms with E-state index in [-0.39, 0.29) is 42.0 Å². The summed E-state index contributed by atoms with van der Waals surface area (Å²) in [4.78, 5) is 54.1. The van der Waals surface area contributed by atoms with Crippen LogP contribution in [0.25, 0.3) is 0 Å². The third-order valence-electron chi connectivity index (χ3n) is 5.41. The third-order valence-corrected chi connectivity index (χ3v) is 5.41. The van der Waals surface area contributed by atoms with Crippen molar-refractivity contribution in [2.75, 3.05) is 18.2 Å². The summed E-state index contributed by atoms with van der Waals surface area (Å²) >= 11 is 0. The number of nitrogens with zero attached hydrogens (tertiary/aromatic N) is 2. The molecule has 2 fully saturated rings. The smallest absolute Gasteiger partial charge is 0.404 e. The van der Waals surface area contributed by atoms with E-state index in [1.807, 2.05) is 0 Å². The quantitative estimate of drug-likeness (QED) is 0.401. The van der Waals surface area contributed by atoms with Crippen molar-refractivity contribution >= 4 is 29.9 Å². The lowest BCUT2D eigenvalue weighted by molar-refractivity contribution is -0.265. The molecular formula is C18H19N3O8. The number of nitrogens with two attached hydrogens (primary N) is 1. The van der Waals surface area contributed by atoms with E-state index in [4.69, 9.17) is 20.0 Å². The SMILES string of the molecule is CC(=O)OC12ON(CC3C1N3C(C)=O)c1cc(C=O)cc(O)c1C2COC(N)=O. The van der Waals surface area contributed by atoms with Crippen LogP contribution in [-0.4, -0.2) is 65.3 Å². The number of ether oxygens (including phenoxy) is 2. The number of aldehydes is 1. The average Bonchev–Trinajstić information content (AvgIpc) is 3.36. The Labute approximate surface area is 164 Å². The molecule has 29 heavy (non-hydrogen) atoms. The molecule has 11 nitrogen and oxygen atoms in total. The van der Waals surface area contributed by atoms with Gasteiger partial charge in [-0.2, -0.15) is 0 Å². The van der Waals surface area contributed by atoms with Gasteiger partial charge in [-0.15, -0.1) is 0 Å². The second kappa shape index (κ2) is 6.34. The molecule has 1 aromatic carbocycles. The highest BCUT2D eigenvalue weighted by Gasteiger charge is 2.73. The van der Waals surface area contributed by atoms with Crippen molar-refractivity contribution in [1.29, 1.82) is 0 Å². The monoisotopic (exact) mass is 405 g/mol. The summed E-state index contributed by atoms with van der Waals surface area (Å²) in [7, 11) is 0. The number of benzene rings is 1. The maximum Gasteiger partial charge on any atom is 0.404 e. The van der Waals surface area contributed by atoms with Gasteiger partial charge in [-0.3, -0.25) is 14.4 Å². The first kappa shape index (κ1) is 19.0. The van der Waals surface area contributed by atoms with Gasteiger partial charge < -0.3 is 25.2 Å². The van der Waals surface area contributed by atoms with E-state index in [2.05, 4.69) is 0 Å². The molecule has 3 aliphatic rings. The maximum absolute atomic E-state index is 12.1. The molecule has 3 heterocycles. The molecular weight excluding hydrogens is 386 g/mol. The molecule has 0 spiro atoms. The van der Waals surface area contributed by atoms with Gasteiger partial charge in [-0.05, 0) is 12.1 Å². The topological polar surface area (TPSA) is 148 Å². The van der Waals surface area contributed by atoms with Gasteiger partial charge >= 0.3 is 12.1 Å². The number of phenolic OH excluding ortho intramolecular Hbond substituents is 1. The number of primary amides is 1. The Morgan fingerprint density at radius 2 is 2.10 bits per heavy atom. The van der Waals surface area contributed by atoms with Gasteiger partial charge in [0.25, 0.3) is 5.79 Å². The lowest BCUT2D eigenvalue weighted by Crippen LogP contribution is -2.61. The minimum absolute atomic E-state index is 0.195. The van der Waals surface area contributed by atoms with Gasteiger partial charge in [0.1, 0.15) is 24.7 Å². The molecule has 2 amide bonds. The first-order valence-electron chi connectivity index (χ1n) is 8.89. The molecule has 154 valence electrons. The van der Waals surface area contributed by atoms with Gasteiger partial charge in [0, 0.05) is 25.0 Å². The number of amides is 2. The first-order chi connectivity index (χ1) is 13.7. The third kappa shape index (κ3) is 2.77. The van der Waals surface area contributed by atoms with Crippen LogP contribution in [0, 0.1) is 0 Å². The van der Waals surface area contributed by atoms with Crippen LogP contribution in [0.2, 0.25) is 0 Å². The number of carbonyl (C=O) groups is 4. The summed E-state index contributed by atoms with van der Waals surface area (Å²) in [6.45, 7) is 2.42. The molecule has 3 N–H and O–H groups in total. The van der Waals surface area contributed by atoms with E-state index < -0.39 is 29.8 Å². The number of aromatic hydroxyl groups is 1. The average molecular weight is 405 g/mol. The van der Waals surface area contributed by atoms with Crippen molar-refractivity contribution in [1.82, 2.24) is 4.90 Å². The van der Waals surface area contributed by atoms with Gasteiger partial charge in [0.05, 0.1) is 24.2 Å². The highest BCUT2D eigenvalue weighted by atomic mass is 16.8. The number of hydrogen-bond acceptors (Lipinski definition) is 9. The van der Waals surface area contributed by atoms with E-state index in [1.165, 1.54) is 35.9 Å². The van der Waals surface area contributed by atoms with Crippen LogP contribution in [0.15, 0.2) is 12.1 Å². The number of carbonyl (C=O) groups excluding carboxylic acids is 4. The standard InChI is InChI=1S/C18H19N3O8/c1-8(23)21-13-5-20-12-3-10(6-22)4-14(25)15(12)11(7-27-17(19)26)18(29-20,16(13)21)28-9(2)24/h3-4,6,11,13,16,25H,5,7H2,1-2H3,(H2,19,26). The van der Waals surface area contributed by atoms with E-state index in [9.17, 15) is 24.3 Å². The number of hydroxylamine groups is 1. The van der Waals surface area contributed by atoms with Crippen LogP contribution in [0.5, 0.6) is 5.75 Å². The molecule has 4 unspecified atom stereocenters. The fraction of sp³-hybridized carbons (Fsp3) is 0.444. The second-order valence-electron chi connectivity index (χ2n) is 7.18. The van der Waals surface area contributed by atoms with E-state index in [0.717, 1.165) is 0 Å². The molecule has 0 aliphatic carbocycles. The van der Waals surface area contributed by atoms with Crippen LogP contribution in [0.1, 0.15) is 35.7 Å². The van der Waals surface area contributed by atoms with Crippen LogP contribution in [-0.2, 0) is 23.9 Å². The number of anilines is 1. The van der Waals surface area contributed by atoms with Crippen molar-refractivity contribution in [3.05, 3.63) is 23.3 Å². The van der Waals surface area contributed by atoms with E-state index >= 15 is 0 Å². The first-order valence-corrected chi connectivity index (χ1v) is 8.89. The fourth-order valence-corrected chi connectivity index (χ4v) is 4.43. The highest BCUT2D eigenvalue weighted by molar-refractivity contribution is 5.82. The summed E-state index contributed by atoms with van der Waals surface area (Å²) in [5.74, 6) is -3.93. The Morgan fingerprint density at radius 1 is 1.38 bits per heavy atom. The number of phenols is 1. The van der Waals surface area contributed by atoms with Crippen LogP contribution in [0.3, 0.4) is 0 Å². The zero-order valence-corrected chi connectivity index (χ0v) is 15.7. The Bertz CT molecular complexity index is 934. The highest BCUT2D eigenvalue weighted by Crippen LogP contribution is 2.58. The zero-order valence-electron chi connectivity index (χ0n) is 15.7. The van der Waals surface area contributed by atoms with Gasteiger partial charge in [-0.1, -0.05) is 0 Å². The normalized spacial score (nSPS) is 28.7. The Balaban J connectivity index is 1.91. The molecule has 1 aromatic rings. The second-order valence-corrected chi connectivity index (χ2v) is 7.18. The molecule has 11 heteroatoms. The minimum atomic E-state index is -1.73. The van der Waals surface area contributed by atoms with Gasteiger partial charge in [-0.25, -0.2) is 14.7 Å². The van der Waals surface area contributed by atoms with Crippen molar-refractivity contribution in [3.8, 4) is 5.75 Å². The van der Waals surface area contributed by atoms with Crippen molar-refractivity contribution in [2.45, 2.75) is 37.6 Å². The molecule has 2 bridgehead atoms. The van der Waals surface area contributed by atoms with Gasteiger partial charge in [0.2, 0.25) is 5.91 Å². The predicted molar refractivity (Wildman–Crippen MR) is 94.8 cm³/mol. The lowest BCUT2D eigenvalue weighted by atomic mass is 9.82. The van der Waals surface area contributed by atoms with E-state index in [0.29, 0.717) is 12.0 Å². The summed E-state index contributed by atoms with van der Waals surface area (Å²) in [6.07, 6.45) is -0.503. The molecule has 4 atom stereocenters. The zero-order chi connectivity index (χ0) is 21.1. The Hall–Kier alpha value is -3.34. The Morgan fingerprint density at radius 3 is 2.69 bits per heavy atom. The summed E-state index contributed by atoms with van der Waals surface area (Å²) < 4.78 is 10.6. The number of hydrogen-bond donors (Lipinski definition) is 2. The molecule has 0 aromatic heterocycles. The predicted octanol–water partition coefficient (Wildman–Crippen LogP) is 0.00750. The van der Waals surface area contributed by atoms with Crippen LogP contribution in [0.4, 0.5) is 10.5 Å². The van der Waals surface area contributed by atoms with Crippen LogP contribution < -0.4 is 10.8 Å². The molecule has 0 radical (unpaired) electrons. The number of fused-ring (bicyclic) bond motifs is 6. The fourth-order valence-electron chi connectivity index (χ4n) is 4.43. The Kier molecular flexibility index (Phi) is 4.15. The molecule has 2 saturated heterocycles. The minimum Gasteiger partial charge on any atom is -0.508 e. The van der Waals surface area contributed by atoms with E-state index in [1.54, 1.807) is 0 Å². The van der Waals surface area contributed by atoms with Crippen molar-refractivity contribution in [2.24, 2.45) is 5.73 Å². The maximum atomic E-state index is 12.1. The summed E-state index contributed by atoms with van der Waals surface area (Å²) in [6, 6.07) is 1.78. The van der Waals surface area contributed by atoms with Gasteiger partial charge in [0.15, 0.2) is 0 Å². The largest absolute Gasteiger partial charge is 0.508 e. The number of rotatable bonds is 4. The summed E-state index contributed by atoms with van der Waals surface area (Å²) in [5, 5.41) is 12.0. The number of esters is 1. The molecule has 4 rings (SSSR count). The van der Waals surface area contributed by atoms with Crippen molar-refractivity contribution < 1.29 is 38.6 Å². The van der Waals surface area contributed by atoms with Crippen LogP contribution >= 0.6 is 0 Å². The molecule has 0 saturated carbocycles. The summed E-state index contributed by atoms with van der Waals surface area (Å²) in [5.41, 5.74) is 5.92. The lowest BCUT2D eigenvalue weighted by Gasteiger charge is -2.49. The van der Waals surface area contributed by atoms with Crippen molar-refractivity contribution in [3.63, 3.8) is 0 Å².